The van der Waals surface area contributed by atoms with Crippen LogP contribution in [0.15, 0.2) is 42.5 Å². The van der Waals surface area contributed by atoms with E-state index in [0.717, 1.165) is 11.3 Å². The molecule has 0 aliphatic carbocycles. The minimum atomic E-state index is -0.0863. The van der Waals surface area contributed by atoms with Crippen LogP contribution in [0.1, 0.15) is 5.56 Å². The van der Waals surface area contributed by atoms with Gasteiger partial charge in [-0.05, 0) is 23.8 Å². The number of carbonyl (C=O) groups excluding carboxylic acids is 1. The zero-order chi connectivity index (χ0) is 17.8. The molecule has 2 amide bonds. The lowest BCUT2D eigenvalue weighted by atomic mass is 10.2. The maximum Gasteiger partial charge on any atom is 0.317 e. The number of piperazine rings is 1. The summed E-state index contributed by atoms with van der Waals surface area (Å²) in [7, 11) is 0. The number of nitrogens with one attached hydrogen (secondary N) is 1. The lowest BCUT2D eigenvalue weighted by Gasteiger charge is -2.36. The van der Waals surface area contributed by atoms with E-state index in [1.165, 1.54) is 0 Å². The van der Waals surface area contributed by atoms with Crippen molar-refractivity contribution >= 4 is 46.5 Å². The first-order valence-electron chi connectivity index (χ1n) is 8.01. The number of urea groups is 1. The Morgan fingerprint density at radius 3 is 2.32 bits per heavy atom. The van der Waals surface area contributed by atoms with Gasteiger partial charge in [0.1, 0.15) is 0 Å². The normalized spacial score (nSPS) is 14.5. The summed E-state index contributed by atoms with van der Waals surface area (Å²) in [6, 6.07) is 13.0. The number of carbonyl (C=O) groups is 1. The fourth-order valence-corrected chi connectivity index (χ4v) is 3.43. The highest BCUT2D eigenvalue weighted by atomic mass is 35.5. The zero-order valence-electron chi connectivity index (χ0n) is 13.5. The van der Waals surface area contributed by atoms with E-state index >= 15 is 0 Å². The number of nitrogens with zero attached hydrogens (tertiary/aromatic N) is 2. The van der Waals surface area contributed by atoms with E-state index in [1.807, 2.05) is 36.4 Å². The molecule has 4 nitrogen and oxygen atoms in total. The molecule has 1 aliphatic heterocycles. The second-order valence-corrected chi connectivity index (χ2v) is 6.99. The van der Waals surface area contributed by atoms with Crippen LogP contribution in [0.25, 0.3) is 0 Å². The molecule has 1 aliphatic rings. The van der Waals surface area contributed by atoms with Gasteiger partial charge >= 0.3 is 6.03 Å². The van der Waals surface area contributed by atoms with Crippen molar-refractivity contribution in [3.8, 4) is 0 Å². The molecule has 0 unspecified atom stereocenters. The molecular weight excluding hydrogens is 381 g/mol. The highest BCUT2D eigenvalue weighted by molar-refractivity contribution is 6.43. The van der Waals surface area contributed by atoms with Gasteiger partial charge in [-0.2, -0.15) is 0 Å². The van der Waals surface area contributed by atoms with Crippen molar-refractivity contribution in [1.29, 1.82) is 0 Å². The number of anilines is 1. The second-order valence-electron chi connectivity index (χ2n) is 5.80. The van der Waals surface area contributed by atoms with Crippen LogP contribution in [-0.4, -0.2) is 37.1 Å². The molecule has 0 saturated carbocycles. The topological polar surface area (TPSA) is 35.6 Å². The van der Waals surface area contributed by atoms with Crippen molar-refractivity contribution in [2.75, 3.05) is 31.1 Å². The quantitative estimate of drug-likeness (QED) is 0.815. The van der Waals surface area contributed by atoms with Gasteiger partial charge in [0, 0.05) is 37.7 Å². The Hall–Kier alpha value is -1.62. The molecule has 2 aromatic carbocycles. The van der Waals surface area contributed by atoms with Gasteiger partial charge < -0.3 is 15.1 Å². The molecule has 0 aromatic heterocycles. The number of amides is 2. The number of halogens is 3. The Kier molecular flexibility index (Phi) is 5.94. The van der Waals surface area contributed by atoms with Gasteiger partial charge in [0.2, 0.25) is 0 Å². The van der Waals surface area contributed by atoms with Gasteiger partial charge in [0.15, 0.2) is 0 Å². The molecule has 1 heterocycles. The van der Waals surface area contributed by atoms with Gasteiger partial charge in [0.25, 0.3) is 0 Å². The summed E-state index contributed by atoms with van der Waals surface area (Å²) in [5.41, 5.74) is 1.81. The second kappa shape index (κ2) is 8.17. The Labute approximate surface area is 162 Å². The van der Waals surface area contributed by atoms with Crippen LogP contribution < -0.4 is 10.2 Å². The highest BCUT2D eigenvalue weighted by Crippen LogP contribution is 2.32. The summed E-state index contributed by atoms with van der Waals surface area (Å²) >= 11 is 18.5. The van der Waals surface area contributed by atoms with Crippen LogP contribution in [0.2, 0.25) is 15.1 Å². The van der Waals surface area contributed by atoms with Crippen molar-refractivity contribution in [1.82, 2.24) is 10.2 Å². The number of rotatable bonds is 3. The first kappa shape index (κ1) is 18.2. The van der Waals surface area contributed by atoms with Gasteiger partial charge in [-0.25, -0.2) is 4.79 Å². The number of benzene rings is 2. The van der Waals surface area contributed by atoms with Crippen molar-refractivity contribution < 1.29 is 4.79 Å². The molecule has 1 saturated heterocycles. The first-order chi connectivity index (χ1) is 12.1. The minimum absolute atomic E-state index is 0.0863. The standard InChI is InChI=1S/C18H18Cl3N3O/c19-14-5-2-1-4-13(14)12-22-18(25)24-10-8-23(9-11-24)16-7-3-6-15(20)17(16)21/h1-7H,8-12H2,(H,22,25). The summed E-state index contributed by atoms with van der Waals surface area (Å²) in [5, 5.41) is 4.67. The Morgan fingerprint density at radius 2 is 1.60 bits per heavy atom. The molecule has 0 bridgehead atoms. The Bertz CT molecular complexity index is 761. The van der Waals surface area contributed by atoms with Gasteiger partial charge in [-0.3, -0.25) is 0 Å². The largest absolute Gasteiger partial charge is 0.367 e. The SMILES string of the molecule is O=C(NCc1ccccc1Cl)N1CCN(c2cccc(Cl)c2Cl)CC1. The zero-order valence-corrected chi connectivity index (χ0v) is 15.8. The first-order valence-corrected chi connectivity index (χ1v) is 9.15. The molecule has 0 spiro atoms. The molecule has 0 radical (unpaired) electrons. The van der Waals surface area contributed by atoms with Crippen molar-refractivity contribution in [3.05, 3.63) is 63.1 Å². The highest BCUT2D eigenvalue weighted by Gasteiger charge is 2.22. The number of hydrogen-bond acceptors (Lipinski definition) is 2. The maximum atomic E-state index is 12.4. The Balaban J connectivity index is 1.54. The fraction of sp³-hybridized carbons (Fsp3) is 0.278. The van der Waals surface area contributed by atoms with E-state index in [2.05, 4.69) is 10.2 Å². The van der Waals surface area contributed by atoms with E-state index in [4.69, 9.17) is 34.8 Å². The monoisotopic (exact) mass is 397 g/mol. The van der Waals surface area contributed by atoms with Gasteiger partial charge in [-0.1, -0.05) is 59.1 Å². The molecule has 25 heavy (non-hydrogen) atoms. The van der Waals surface area contributed by atoms with Crippen molar-refractivity contribution in [3.63, 3.8) is 0 Å². The summed E-state index contributed by atoms with van der Waals surface area (Å²) in [5.74, 6) is 0. The average Bonchev–Trinajstić information content (AvgIpc) is 2.63. The molecule has 1 fully saturated rings. The summed E-state index contributed by atoms with van der Waals surface area (Å²) < 4.78 is 0. The van der Waals surface area contributed by atoms with Crippen molar-refractivity contribution in [2.45, 2.75) is 6.54 Å². The molecule has 7 heteroatoms. The lowest BCUT2D eigenvalue weighted by molar-refractivity contribution is 0.194. The third kappa shape index (κ3) is 4.32. The van der Waals surface area contributed by atoms with Crippen molar-refractivity contribution in [2.24, 2.45) is 0 Å². The third-order valence-electron chi connectivity index (χ3n) is 4.23. The average molecular weight is 399 g/mol. The summed E-state index contributed by atoms with van der Waals surface area (Å²) in [4.78, 5) is 16.3. The maximum absolute atomic E-state index is 12.4. The summed E-state index contributed by atoms with van der Waals surface area (Å²) in [6.45, 7) is 3.08. The van der Waals surface area contributed by atoms with Gasteiger partial charge in [0.05, 0.1) is 15.7 Å². The van der Waals surface area contributed by atoms with E-state index in [9.17, 15) is 4.79 Å². The lowest BCUT2D eigenvalue weighted by Crippen LogP contribution is -2.51. The van der Waals surface area contributed by atoms with Crippen LogP contribution in [0.4, 0.5) is 10.5 Å². The van der Waals surface area contributed by atoms with Crippen LogP contribution in [0, 0.1) is 0 Å². The minimum Gasteiger partial charge on any atom is -0.367 e. The molecular formula is C18H18Cl3N3O. The fourth-order valence-electron chi connectivity index (χ4n) is 2.81. The Morgan fingerprint density at radius 1 is 0.920 bits per heavy atom. The molecule has 0 atom stereocenters. The molecule has 132 valence electrons. The van der Waals surface area contributed by atoms with E-state index in [-0.39, 0.29) is 6.03 Å². The molecule has 3 rings (SSSR count). The van der Waals surface area contributed by atoms with E-state index in [0.29, 0.717) is 47.8 Å². The van der Waals surface area contributed by atoms with E-state index in [1.54, 1.807) is 11.0 Å². The number of hydrogen-bond donors (Lipinski definition) is 1. The van der Waals surface area contributed by atoms with Crippen LogP contribution in [-0.2, 0) is 6.54 Å². The van der Waals surface area contributed by atoms with E-state index < -0.39 is 0 Å². The van der Waals surface area contributed by atoms with Crippen LogP contribution >= 0.6 is 34.8 Å². The smallest absolute Gasteiger partial charge is 0.317 e. The predicted molar refractivity (Wildman–Crippen MR) is 104 cm³/mol. The van der Waals surface area contributed by atoms with Gasteiger partial charge in [-0.15, -0.1) is 0 Å². The van der Waals surface area contributed by atoms with Crippen LogP contribution in [0.3, 0.4) is 0 Å². The van der Waals surface area contributed by atoms with Crippen LogP contribution in [0.5, 0.6) is 0 Å². The molecule has 1 N–H and O–H groups in total. The molecule has 2 aromatic rings. The summed E-state index contributed by atoms with van der Waals surface area (Å²) in [6.07, 6.45) is 0. The third-order valence-corrected chi connectivity index (χ3v) is 5.40. The predicted octanol–water partition coefficient (Wildman–Crippen LogP) is 4.68.